The van der Waals surface area contributed by atoms with Crippen LogP contribution in [0, 0.1) is 0 Å². The van der Waals surface area contributed by atoms with Crippen LogP contribution in [-0.4, -0.2) is 46.3 Å². The zero-order valence-electron chi connectivity index (χ0n) is 11.7. The van der Waals surface area contributed by atoms with E-state index in [1.54, 1.807) is 0 Å². The molecule has 0 N–H and O–H groups in total. The molecule has 5 heteroatoms. The molecule has 0 saturated carbocycles. The molecule has 0 bridgehead atoms. The molecule has 0 aromatic carbocycles. The Morgan fingerprint density at radius 1 is 0.529 bits per heavy atom. The number of rotatable bonds is 12. The van der Waals surface area contributed by atoms with Crippen LogP contribution in [0.5, 0.6) is 0 Å². The van der Waals surface area contributed by atoms with E-state index in [0.29, 0.717) is 26.4 Å². The number of hydrogen-bond donors (Lipinski definition) is 0. The van der Waals surface area contributed by atoms with Crippen molar-refractivity contribution in [3.05, 3.63) is 0 Å². The predicted octanol–water partition coefficient (Wildman–Crippen LogP) is 3.13. The van der Waals surface area contributed by atoms with Gasteiger partial charge in [-0.2, -0.15) is 0 Å². The molecule has 0 aromatic heterocycles. The molecule has 0 radical (unpaired) electrons. The van der Waals surface area contributed by atoms with Gasteiger partial charge in [0.05, 0.1) is 0 Å². The molecular formula is C12H28O4Te. The van der Waals surface area contributed by atoms with Crippen molar-refractivity contribution >= 4 is 19.8 Å². The second-order valence-electron chi connectivity index (χ2n) is 3.70. The quantitative estimate of drug-likeness (QED) is 0.499. The SMILES string of the molecule is CCCO[Te](OCCC)(OCCC)OCCC. The molecule has 0 aliphatic carbocycles. The van der Waals surface area contributed by atoms with E-state index < -0.39 is 19.8 Å². The summed E-state index contributed by atoms with van der Waals surface area (Å²) in [6.45, 7) is 10.9. The molecule has 0 fully saturated rings. The Bertz CT molecular complexity index is 129. The van der Waals surface area contributed by atoms with E-state index >= 15 is 0 Å². The van der Waals surface area contributed by atoms with Gasteiger partial charge in [0.25, 0.3) is 0 Å². The normalized spacial score (nSPS) is 12.9. The molecule has 0 rings (SSSR count). The summed E-state index contributed by atoms with van der Waals surface area (Å²) in [7, 11) is 0. The molecule has 0 saturated heterocycles. The summed E-state index contributed by atoms with van der Waals surface area (Å²) < 4.78 is 23.2. The monoisotopic (exact) mass is 366 g/mol. The standard InChI is InChI=1S/C12H28O4Te/c1-5-9-13-17(14-10-6-2,15-11-7-3)16-12-8-4/h5-12H2,1-4H3. The molecule has 0 aliphatic rings. The van der Waals surface area contributed by atoms with Crippen LogP contribution in [0.1, 0.15) is 53.4 Å². The second-order valence-corrected chi connectivity index (χ2v) is 8.72. The van der Waals surface area contributed by atoms with Crippen LogP contribution in [0.2, 0.25) is 0 Å². The van der Waals surface area contributed by atoms with Gasteiger partial charge in [0.2, 0.25) is 0 Å². The third-order valence-corrected chi connectivity index (χ3v) is 6.93. The summed E-state index contributed by atoms with van der Waals surface area (Å²) in [6, 6.07) is 0. The van der Waals surface area contributed by atoms with Crippen molar-refractivity contribution in [3.63, 3.8) is 0 Å². The summed E-state index contributed by atoms with van der Waals surface area (Å²) in [5, 5.41) is 0. The molecule has 0 spiro atoms. The maximum atomic E-state index is 5.81. The molecule has 0 amide bonds. The summed E-state index contributed by atoms with van der Waals surface area (Å²) in [6.07, 6.45) is 3.81. The van der Waals surface area contributed by atoms with Crippen LogP contribution in [-0.2, 0) is 12.4 Å². The third kappa shape index (κ3) is 8.36. The summed E-state index contributed by atoms with van der Waals surface area (Å²) in [4.78, 5) is 0. The van der Waals surface area contributed by atoms with Gasteiger partial charge in [0.15, 0.2) is 0 Å². The summed E-state index contributed by atoms with van der Waals surface area (Å²) >= 11 is -3.46. The fraction of sp³-hybridized carbons (Fsp3) is 1.00. The van der Waals surface area contributed by atoms with Gasteiger partial charge in [-0.1, -0.05) is 0 Å². The third-order valence-electron chi connectivity index (χ3n) is 1.73. The molecule has 0 heterocycles. The van der Waals surface area contributed by atoms with Gasteiger partial charge in [0, 0.05) is 0 Å². The summed E-state index contributed by atoms with van der Waals surface area (Å²) in [5.74, 6) is 0. The van der Waals surface area contributed by atoms with Gasteiger partial charge >= 0.3 is 112 Å². The van der Waals surface area contributed by atoms with Crippen molar-refractivity contribution in [1.82, 2.24) is 0 Å². The first kappa shape index (κ1) is 17.6. The first-order valence-electron chi connectivity index (χ1n) is 6.65. The summed E-state index contributed by atoms with van der Waals surface area (Å²) in [5.41, 5.74) is 0. The van der Waals surface area contributed by atoms with Crippen LogP contribution in [0.25, 0.3) is 0 Å². The zero-order valence-corrected chi connectivity index (χ0v) is 14.0. The van der Waals surface area contributed by atoms with Crippen LogP contribution < -0.4 is 0 Å². The van der Waals surface area contributed by atoms with Crippen molar-refractivity contribution in [2.75, 3.05) is 26.4 Å². The first-order chi connectivity index (χ1) is 8.24. The van der Waals surface area contributed by atoms with Crippen LogP contribution in [0.3, 0.4) is 0 Å². The van der Waals surface area contributed by atoms with Crippen molar-refractivity contribution in [2.24, 2.45) is 0 Å². The van der Waals surface area contributed by atoms with E-state index in [9.17, 15) is 0 Å². The van der Waals surface area contributed by atoms with Crippen LogP contribution in [0.4, 0.5) is 0 Å². The van der Waals surface area contributed by atoms with Gasteiger partial charge in [0.1, 0.15) is 0 Å². The molecule has 106 valence electrons. The van der Waals surface area contributed by atoms with Crippen molar-refractivity contribution in [3.8, 4) is 0 Å². The van der Waals surface area contributed by atoms with E-state index in [1.807, 2.05) is 0 Å². The predicted molar refractivity (Wildman–Crippen MR) is 70.7 cm³/mol. The van der Waals surface area contributed by atoms with E-state index in [4.69, 9.17) is 12.4 Å². The Morgan fingerprint density at radius 2 is 0.765 bits per heavy atom. The number of hydrogen-bond acceptors (Lipinski definition) is 4. The Kier molecular flexibility index (Phi) is 12.1. The zero-order chi connectivity index (χ0) is 13.0. The molecule has 17 heavy (non-hydrogen) atoms. The molecule has 0 aliphatic heterocycles. The van der Waals surface area contributed by atoms with E-state index in [2.05, 4.69) is 27.7 Å². The van der Waals surface area contributed by atoms with Crippen LogP contribution in [0.15, 0.2) is 0 Å². The fourth-order valence-corrected chi connectivity index (χ4v) is 6.34. The second kappa shape index (κ2) is 11.7. The van der Waals surface area contributed by atoms with Gasteiger partial charge in [-0.25, -0.2) is 0 Å². The van der Waals surface area contributed by atoms with Crippen molar-refractivity contribution in [2.45, 2.75) is 53.4 Å². The van der Waals surface area contributed by atoms with Crippen LogP contribution >= 0.6 is 0 Å². The Balaban J connectivity index is 4.39. The van der Waals surface area contributed by atoms with Gasteiger partial charge in [-0.05, 0) is 0 Å². The molecule has 0 atom stereocenters. The van der Waals surface area contributed by atoms with Gasteiger partial charge in [-0.3, -0.25) is 0 Å². The Hall–Kier alpha value is 0.630. The van der Waals surface area contributed by atoms with Crippen molar-refractivity contribution in [1.29, 1.82) is 0 Å². The maximum absolute atomic E-state index is 5.81. The Morgan fingerprint density at radius 3 is 0.941 bits per heavy atom. The van der Waals surface area contributed by atoms with E-state index in [1.165, 1.54) is 0 Å². The average molecular weight is 364 g/mol. The molecular weight excluding hydrogens is 336 g/mol. The molecule has 0 unspecified atom stereocenters. The Labute approximate surface area is 112 Å². The molecule has 0 aromatic rings. The topological polar surface area (TPSA) is 36.9 Å². The fourth-order valence-electron chi connectivity index (χ4n) is 0.946. The average Bonchev–Trinajstić information content (AvgIpc) is 2.37. The minimum absolute atomic E-state index is 0.651. The van der Waals surface area contributed by atoms with Gasteiger partial charge < -0.3 is 0 Å². The van der Waals surface area contributed by atoms with E-state index in [0.717, 1.165) is 25.7 Å². The van der Waals surface area contributed by atoms with Crippen molar-refractivity contribution < 1.29 is 12.4 Å². The van der Waals surface area contributed by atoms with Gasteiger partial charge in [-0.15, -0.1) is 0 Å². The minimum atomic E-state index is -3.46. The van der Waals surface area contributed by atoms with E-state index in [-0.39, 0.29) is 0 Å². The first-order valence-corrected chi connectivity index (χ1v) is 10.5. The molecule has 4 nitrogen and oxygen atoms in total.